The molecule has 8 nitrogen and oxygen atoms in total. The monoisotopic (exact) mass is 470 g/mol. The number of rotatable bonds is 11. The van der Waals surface area contributed by atoms with Gasteiger partial charge >= 0.3 is 0 Å². The molecule has 0 bridgehead atoms. The molecule has 0 fully saturated rings. The van der Waals surface area contributed by atoms with Gasteiger partial charge in [-0.1, -0.05) is 31.5 Å². The summed E-state index contributed by atoms with van der Waals surface area (Å²) in [6.45, 7) is 5.80. The molecule has 0 saturated heterocycles. The zero-order valence-corrected chi connectivity index (χ0v) is 19.4. The van der Waals surface area contributed by atoms with Crippen molar-refractivity contribution in [1.82, 2.24) is 20.3 Å². The number of carbonyl (C=O) groups excluding carboxylic acids is 1. The largest absolute Gasteiger partial charge is 0.475 e. The summed E-state index contributed by atoms with van der Waals surface area (Å²) in [6, 6.07) is 10.3. The molecule has 9 heteroatoms. The molecule has 0 aliphatic heterocycles. The van der Waals surface area contributed by atoms with Gasteiger partial charge in [0, 0.05) is 49.0 Å². The van der Waals surface area contributed by atoms with Crippen molar-refractivity contribution in [2.24, 2.45) is 0 Å². The van der Waals surface area contributed by atoms with E-state index in [1.165, 1.54) is 6.07 Å². The average molecular weight is 471 g/mol. The molecule has 0 aliphatic carbocycles. The van der Waals surface area contributed by atoms with E-state index in [9.17, 15) is 9.59 Å². The van der Waals surface area contributed by atoms with Crippen molar-refractivity contribution in [1.29, 1.82) is 0 Å². The fourth-order valence-corrected chi connectivity index (χ4v) is 3.20. The van der Waals surface area contributed by atoms with E-state index in [1.54, 1.807) is 37.4 Å². The van der Waals surface area contributed by atoms with Crippen LogP contribution in [0.4, 0.5) is 0 Å². The minimum atomic E-state index is -0.316. The van der Waals surface area contributed by atoms with Gasteiger partial charge in [-0.2, -0.15) is 0 Å². The first-order chi connectivity index (χ1) is 16.0. The summed E-state index contributed by atoms with van der Waals surface area (Å²) in [4.78, 5) is 35.5. The molecule has 33 heavy (non-hydrogen) atoms. The van der Waals surface area contributed by atoms with Crippen molar-refractivity contribution in [3.8, 4) is 28.5 Å². The molecule has 0 aliphatic rings. The van der Waals surface area contributed by atoms with E-state index >= 15 is 0 Å². The van der Waals surface area contributed by atoms with Crippen LogP contribution in [-0.2, 0) is 16.1 Å². The molecule has 1 aromatic carbocycles. The highest BCUT2D eigenvalue weighted by molar-refractivity contribution is 6.33. The van der Waals surface area contributed by atoms with Crippen molar-refractivity contribution in [3.05, 3.63) is 63.5 Å². The number of ether oxygens (including phenoxy) is 2. The van der Waals surface area contributed by atoms with Crippen LogP contribution in [0.15, 0.2) is 47.4 Å². The number of hydrogen-bond acceptors (Lipinski definition) is 6. The zero-order chi connectivity index (χ0) is 23.6. The maximum atomic E-state index is 12.3. The lowest BCUT2D eigenvalue weighted by Crippen LogP contribution is -2.21. The maximum Gasteiger partial charge on any atom is 0.251 e. The van der Waals surface area contributed by atoms with Crippen LogP contribution in [0, 0.1) is 0 Å². The van der Waals surface area contributed by atoms with Crippen LogP contribution >= 0.6 is 11.6 Å². The predicted molar refractivity (Wildman–Crippen MR) is 127 cm³/mol. The second-order valence-electron chi connectivity index (χ2n) is 7.27. The fourth-order valence-electron chi connectivity index (χ4n) is 2.99. The third kappa shape index (κ3) is 7.13. The molecule has 2 aromatic heterocycles. The van der Waals surface area contributed by atoms with Gasteiger partial charge in [-0.05, 0) is 30.2 Å². The summed E-state index contributed by atoms with van der Waals surface area (Å²) in [5.41, 5.74) is 2.22. The summed E-state index contributed by atoms with van der Waals surface area (Å²) < 4.78 is 10.9. The fraction of sp³-hybridized carbons (Fsp3) is 0.333. The van der Waals surface area contributed by atoms with Crippen LogP contribution in [0.3, 0.4) is 0 Å². The number of hydrogen-bond donors (Lipinski definition) is 2. The summed E-state index contributed by atoms with van der Waals surface area (Å²) in [7, 11) is 0. The molecular formula is C24H27ClN4O4. The SMILES string of the molecule is CCCOCCOc1ccc(-c2cc(=O)[nH]c(-c3cc(CNC(=O)CC)ccc3Cl)n2)cn1. The lowest BCUT2D eigenvalue weighted by Gasteiger charge is -2.10. The highest BCUT2D eigenvalue weighted by Gasteiger charge is 2.12. The van der Waals surface area contributed by atoms with Gasteiger partial charge in [0.15, 0.2) is 0 Å². The number of aromatic amines is 1. The summed E-state index contributed by atoms with van der Waals surface area (Å²) in [5, 5.41) is 3.26. The molecule has 3 aromatic rings. The number of H-pyrrole nitrogens is 1. The second-order valence-corrected chi connectivity index (χ2v) is 7.68. The molecule has 0 unspecified atom stereocenters. The molecular weight excluding hydrogens is 444 g/mol. The van der Waals surface area contributed by atoms with Gasteiger partial charge in [0.1, 0.15) is 12.4 Å². The van der Waals surface area contributed by atoms with Crippen molar-refractivity contribution in [3.63, 3.8) is 0 Å². The minimum Gasteiger partial charge on any atom is -0.475 e. The predicted octanol–water partition coefficient (Wildman–Crippen LogP) is 3.98. The maximum absolute atomic E-state index is 12.3. The van der Waals surface area contributed by atoms with E-state index in [-0.39, 0.29) is 11.5 Å². The molecule has 0 saturated carbocycles. The number of nitrogens with one attached hydrogen (secondary N) is 2. The van der Waals surface area contributed by atoms with Crippen LogP contribution in [0.1, 0.15) is 32.3 Å². The van der Waals surface area contributed by atoms with E-state index in [2.05, 4.69) is 20.3 Å². The van der Waals surface area contributed by atoms with Crippen molar-refractivity contribution >= 4 is 17.5 Å². The number of nitrogens with zero attached hydrogens (tertiary/aromatic N) is 2. The Kier molecular flexibility index (Phi) is 8.97. The summed E-state index contributed by atoms with van der Waals surface area (Å²) >= 11 is 6.38. The van der Waals surface area contributed by atoms with Gasteiger partial charge in [-0.3, -0.25) is 9.59 Å². The highest BCUT2D eigenvalue weighted by atomic mass is 35.5. The smallest absolute Gasteiger partial charge is 0.251 e. The second kappa shape index (κ2) is 12.1. The molecule has 3 rings (SSSR count). The zero-order valence-electron chi connectivity index (χ0n) is 18.7. The Morgan fingerprint density at radius 1 is 1.12 bits per heavy atom. The van der Waals surface area contributed by atoms with E-state index in [4.69, 9.17) is 21.1 Å². The Morgan fingerprint density at radius 3 is 2.70 bits per heavy atom. The number of pyridine rings is 1. The summed E-state index contributed by atoms with van der Waals surface area (Å²) in [5.74, 6) is 0.752. The number of aromatic nitrogens is 3. The van der Waals surface area contributed by atoms with Gasteiger partial charge in [-0.15, -0.1) is 0 Å². The lowest BCUT2D eigenvalue weighted by atomic mass is 10.1. The number of benzene rings is 1. The summed E-state index contributed by atoms with van der Waals surface area (Å²) in [6.07, 6.45) is 2.97. The van der Waals surface area contributed by atoms with Crippen LogP contribution in [0.2, 0.25) is 5.02 Å². The van der Waals surface area contributed by atoms with Gasteiger partial charge in [0.25, 0.3) is 5.56 Å². The average Bonchev–Trinajstić information content (AvgIpc) is 2.83. The van der Waals surface area contributed by atoms with E-state index < -0.39 is 0 Å². The third-order valence-electron chi connectivity index (χ3n) is 4.70. The lowest BCUT2D eigenvalue weighted by molar-refractivity contribution is -0.120. The van der Waals surface area contributed by atoms with Gasteiger partial charge < -0.3 is 19.8 Å². The topological polar surface area (TPSA) is 106 Å². The molecule has 2 heterocycles. The Morgan fingerprint density at radius 2 is 1.97 bits per heavy atom. The van der Waals surface area contributed by atoms with Crippen LogP contribution in [-0.4, -0.2) is 40.7 Å². The number of carbonyl (C=O) groups is 1. The standard InChI is InChI=1S/C24H27ClN4O4/c1-3-9-32-10-11-33-23-8-6-17(15-27-23)20-13-22(31)29-24(28-20)18-12-16(5-7-19(18)25)14-26-21(30)4-2/h5-8,12-13,15H,3-4,9-11,14H2,1-2H3,(H,26,30)(H,28,29,31). The van der Waals surface area contributed by atoms with Gasteiger partial charge in [0.05, 0.1) is 17.3 Å². The molecule has 0 atom stereocenters. The van der Waals surface area contributed by atoms with E-state index in [0.29, 0.717) is 66.3 Å². The van der Waals surface area contributed by atoms with Gasteiger partial charge in [0.2, 0.25) is 11.8 Å². The van der Waals surface area contributed by atoms with Crippen LogP contribution < -0.4 is 15.6 Å². The Labute approximate surface area is 197 Å². The highest BCUT2D eigenvalue weighted by Crippen LogP contribution is 2.27. The van der Waals surface area contributed by atoms with Gasteiger partial charge in [-0.25, -0.2) is 9.97 Å². The van der Waals surface area contributed by atoms with Crippen molar-refractivity contribution in [2.75, 3.05) is 19.8 Å². The molecule has 1 amide bonds. The Balaban J connectivity index is 1.78. The minimum absolute atomic E-state index is 0.0477. The quantitative estimate of drug-likeness (QED) is 0.410. The molecule has 174 valence electrons. The number of amides is 1. The number of halogens is 1. The van der Waals surface area contributed by atoms with Crippen molar-refractivity contribution in [2.45, 2.75) is 33.2 Å². The molecule has 0 radical (unpaired) electrons. The first-order valence-corrected chi connectivity index (χ1v) is 11.2. The van der Waals surface area contributed by atoms with Crippen LogP contribution in [0.25, 0.3) is 22.6 Å². The first kappa shape index (κ1) is 24.4. The van der Waals surface area contributed by atoms with Crippen molar-refractivity contribution < 1.29 is 14.3 Å². The Bertz CT molecular complexity index is 1130. The third-order valence-corrected chi connectivity index (χ3v) is 5.03. The van der Waals surface area contributed by atoms with E-state index in [1.807, 2.05) is 13.0 Å². The molecule has 2 N–H and O–H groups in total. The normalized spacial score (nSPS) is 10.8. The molecule has 0 spiro atoms. The first-order valence-electron chi connectivity index (χ1n) is 10.8. The van der Waals surface area contributed by atoms with E-state index in [0.717, 1.165) is 12.0 Å². The Hall–Kier alpha value is -3.23. The van der Waals surface area contributed by atoms with Crippen LogP contribution in [0.5, 0.6) is 5.88 Å².